The summed E-state index contributed by atoms with van der Waals surface area (Å²) in [5.74, 6) is 0.255. The van der Waals surface area contributed by atoms with Gasteiger partial charge in [0.15, 0.2) is 5.78 Å². The second-order valence-electron chi connectivity index (χ2n) is 6.30. The maximum Gasteiger partial charge on any atom is 0.223 e. The van der Waals surface area contributed by atoms with Crippen molar-refractivity contribution in [2.75, 3.05) is 13.2 Å². The maximum atomic E-state index is 12.5. The summed E-state index contributed by atoms with van der Waals surface area (Å²) in [6.45, 7) is 0.761. The molecule has 1 N–H and O–H groups in total. The fourth-order valence-corrected chi connectivity index (χ4v) is 3.41. The van der Waals surface area contributed by atoms with E-state index in [-0.39, 0.29) is 30.8 Å². The number of carbonyl (C=O) groups excluding carboxylic acids is 2. The molecule has 0 bridgehead atoms. The Kier molecular flexibility index (Phi) is 4.24. The van der Waals surface area contributed by atoms with Crippen LogP contribution in [0.15, 0.2) is 48.5 Å². The molecule has 2 unspecified atom stereocenters. The van der Waals surface area contributed by atoms with E-state index in [1.807, 2.05) is 24.3 Å². The summed E-state index contributed by atoms with van der Waals surface area (Å²) in [5.41, 5.74) is 2.79. The van der Waals surface area contributed by atoms with E-state index in [0.717, 1.165) is 12.0 Å². The average molecular weight is 337 g/mol. The van der Waals surface area contributed by atoms with Gasteiger partial charge in [-0.25, -0.2) is 0 Å². The monoisotopic (exact) mass is 337 g/mol. The van der Waals surface area contributed by atoms with Crippen molar-refractivity contribution >= 4 is 11.7 Å². The minimum Gasteiger partial charge on any atom is -0.490 e. The van der Waals surface area contributed by atoms with Gasteiger partial charge in [0, 0.05) is 0 Å². The Morgan fingerprint density at radius 3 is 2.84 bits per heavy atom. The summed E-state index contributed by atoms with van der Waals surface area (Å²) >= 11 is 0. The van der Waals surface area contributed by atoms with E-state index in [2.05, 4.69) is 11.4 Å². The highest BCUT2D eigenvalue weighted by atomic mass is 16.5. The first kappa shape index (κ1) is 15.8. The summed E-state index contributed by atoms with van der Waals surface area (Å²) < 4.78 is 11.4. The van der Waals surface area contributed by atoms with Crippen molar-refractivity contribution in [1.82, 2.24) is 5.32 Å². The summed E-state index contributed by atoms with van der Waals surface area (Å²) in [6, 6.07) is 14.5. The fourth-order valence-electron chi connectivity index (χ4n) is 3.41. The molecule has 2 aliphatic heterocycles. The van der Waals surface area contributed by atoms with Crippen LogP contribution in [0.3, 0.4) is 0 Å². The zero-order chi connectivity index (χ0) is 17.2. The number of hydrogen-bond acceptors (Lipinski definition) is 4. The van der Waals surface area contributed by atoms with Gasteiger partial charge in [-0.1, -0.05) is 36.4 Å². The molecule has 2 heterocycles. The number of benzene rings is 2. The molecule has 0 spiro atoms. The fraction of sp³-hybridized carbons (Fsp3) is 0.300. The number of ketones is 1. The van der Waals surface area contributed by atoms with Crippen LogP contribution in [0.2, 0.25) is 0 Å². The van der Waals surface area contributed by atoms with Gasteiger partial charge >= 0.3 is 0 Å². The molecule has 5 nitrogen and oxygen atoms in total. The summed E-state index contributed by atoms with van der Waals surface area (Å²) in [6.07, 6.45) is 0.791. The second kappa shape index (κ2) is 6.69. The molecule has 0 aromatic heterocycles. The number of amides is 1. The number of rotatable bonds is 3. The van der Waals surface area contributed by atoms with Gasteiger partial charge in [0.25, 0.3) is 0 Å². The van der Waals surface area contributed by atoms with E-state index < -0.39 is 6.04 Å². The Morgan fingerprint density at radius 1 is 1.12 bits per heavy atom. The van der Waals surface area contributed by atoms with Gasteiger partial charge in [-0.05, 0) is 29.7 Å². The van der Waals surface area contributed by atoms with Crippen LogP contribution >= 0.6 is 0 Å². The molecule has 0 saturated carbocycles. The van der Waals surface area contributed by atoms with Crippen LogP contribution in [0.25, 0.3) is 0 Å². The Bertz CT molecular complexity index is 817. The van der Waals surface area contributed by atoms with Crippen molar-refractivity contribution < 1.29 is 19.1 Å². The first-order chi connectivity index (χ1) is 12.2. The standard InChI is InChI=1S/C20H19NO4/c22-19(11-18-14-6-2-1-5-13(14)9-10-24-18)21-16-12-25-17-8-4-3-7-15(17)20(16)23/h1-8,16,18H,9-12H2,(H,21,22). The Balaban J connectivity index is 1.43. The lowest BCUT2D eigenvalue weighted by atomic mass is 9.95. The van der Waals surface area contributed by atoms with E-state index in [4.69, 9.17) is 9.47 Å². The third-order valence-corrected chi connectivity index (χ3v) is 4.67. The highest BCUT2D eigenvalue weighted by Crippen LogP contribution is 2.29. The third-order valence-electron chi connectivity index (χ3n) is 4.67. The molecule has 1 amide bonds. The second-order valence-corrected chi connectivity index (χ2v) is 6.30. The molecular formula is C20H19NO4. The van der Waals surface area contributed by atoms with Crippen LogP contribution in [0.5, 0.6) is 5.75 Å². The molecule has 25 heavy (non-hydrogen) atoms. The lowest BCUT2D eigenvalue weighted by Crippen LogP contribution is -2.47. The SMILES string of the molecule is O=C(CC1OCCc2ccccc21)NC1COc2ccccc2C1=O. The van der Waals surface area contributed by atoms with Crippen LogP contribution in [0.4, 0.5) is 0 Å². The number of carbonyl (C=O) groups is 2. The molecule has 4 rings (SSSR count). The van der Waals surface area contributed by atoms with Crippen LogP contribution in [-0.4, -0.2) is 30.9 Å². The molecule has 0 radical (unpaired) electrons. The van der Waals surface area contributed by atoms with Gasteiger partial charge in [-0.3, -0.25) is 9.59 Å². The largest absolute Gasteiger partial charge is 0.490 e. The number of fused-ring (bicyclic) bond motifs is 2. The molecule has 0 aliphatic carbocycles. The first-order valence-electron chi connectivity index (χ1n) is 8.47. The Morgan fingerprint density at radius 2 is 1.92 bits per heavy atom. The Labute approximate surface area is 145 Å². The number of ether oxygens (including phenoxy) is 2. The third kappa shape index (κ3) is 3.15. The minimum atomic E-state index is -0.652. The minimum absolute atomic E-state index is 0.111. The number of Topliss-reactive ketones (excluding diaryl/α,β-unsaturated/α-hetero) is 1. The van der Waals surface area contributed by atoms with Gasteiger partial charge < -0.3 is 14.8 Å². The molecule has 5 heteroatoms. The summed E-state index contributed by atoms with van der Waals surface area (Å²) in [7, 11) is 0. The van der Waals surface area contributed by atoms with Crippen molar-refractivity contribution in [2.24, 2.45) is 0 Å². The van der Waals surface area contributed by atoms with E-state index in [1.165, 1.54) is 5.56 Å². The van der Waals surface area contributed by atoms with E-state index in [1.54, 1.807) is 18.2 Å². The molecular weight excluding hydrogens is 318 g/mol. The van der Waals surface area contributed by atoms with Crippen molar-refractivity contribution in [3.63, 3.8) is 0 Å². The predicted molar refractivity (Wildman–Crippen MR) is 91.7 cm³/mol. The molecule has 2 aromatic carbocycles. The lowest BCUT2D eigenvalue weighted by Gasteiger charge is -2.28. The maximum absolute atomic E-state index is 12.5. The normalized spacial score (nSPS) is 21.7. The number of nitrogens with one attached hydrogen (secondary N) is 1. The van der Waals surface area contributed by atoms with Gasteiger partial charge in [-0.15, -0.1) is 0 Å². The van der Waals surface area contributed by atoms with E-state index >= 15 is 0 Å². The quantitative estimate of drug-likeness (QED) is 0.934. The molecule has 0 saturated heterocycles. The van der Waals surface area contributed by atoms with Crippen LogP contribution < -0.4 is 10.1 Å². The molecule has 0 fully saturated rings. The molecule has 2 aliphatic rings. The Hall–Kier alpha value is -2.66. The van der Waals surface area contributed by atoms with E-state index in [9.17, 15) is 9.59 Å². The molecule has 128 valence electrons. The average Bonchev–Trinajstić information content (AvgIpc) is 2.65. The predicted octanol–water partition coefficient (Wildman–Crippen LogP) is 2.45. The van der Waals surface area contributed by atoms with Gasteiger partial charge in [0.05, 0.1) is 24.7 Å². The van der Waals surface area contributed by atoms with Crippen molar-refractivity contribution in [3.05, 3.63) is 65.2 Å². The highest BCUT2D eigenvalue weighted by Gasteiger charge is 2.31. The number of para-hydroxylation sites is 1. The smallest absolute Gasteiger partial charge is 0.223 e. The first-order valence-corrected chi connectivity index (χ1v) is 8.47. The van der Waals surface area contributed by atoms with E-state index in [0.29, 0.717) is 17.9 Å². The van der Waals surface area contributed by atoms with Crippen LogP contribution in [-0.2, 0) is 16.0 Å². The van der Waals surface area contributed by atoms with Gasteiger partial charge in [-0.2, -0.15) is 0 Å². The van der Waals surface area contributed by atoms with Crippen molar-refractivity contribution in [1.29, 1.82) is 0 Å². The van der Waals surface area contributed by atoms with Crippen LogP contribution in [0.1, 0.15) is 34.0 Å². The van der Waals surface area contributed by atoms with Gasteiger partial charge in [0.2, 0.25) is 5.91 Å². The van der Waals surface area contributed by atoms with Crippen molar-refractivity contribution in [2.45, 2.75) is 25.0 Å². The zero-order valence-corrected chi connectivity index (χ0v) is 13.7. The van der Waals surface area contributed by atoms with Crippen LogP contribution in [0, 0.1) is 0 Å². The highest BCUT2D eigenvalue weighted by molar-refractivity contribution is 6.04. The number of hydrogen-bond donors (Lipinski definition) is 1. The zero-order valence-electron chi connectivity index (χ0n) is 13.7. The topological polar surface area (TPSA) is 64.6 Å². The van der Waals surface area contributed by atoms with Crippen molar-refractivity contribution in [3.8, 4) is 5.75 Å². The summed E-state index contributed by atoms with van der Waals surface area (Å²) in [4.78, 5) is 25.0. The molecule has 2 aromatic rings. The van der Waals surface area contributed by atoms with Gasteiger partial charge in [0.1, 0.15) is 18.4 Å². The lowest BCUT2D eigenvalue weighted by molar-refractivity contribution is -0.125. The molecule has 2 atom stereocenters. The summed E-state index contributed by atoms with van der Waals surface area (Å²) in [5, 5.41) is 2.79.